The SMILES string of the molecule is Cc1ccc(Oc2ccc(C#N)cc2)c(C=O)c1. The van der Waals surface area contributed by atoms with Gasteiger partial charge in [0.15, 0.2) is 6.29 Å². The normalized spacial score (nSPS) is 9.56. The Morgan fingerprint density at radius 2 is 1.89 bits per heavy atom. The summed E-state index contributed by atoms with van der Waals surface area (Å²) in [6.07, 6.45) is 0.770. The van der Waals surface area contributed by atoms with Crippen LogP contribution in [0.5, 0.6) is 11.5 Å². The molecule has 2 aromatic carbocycles. The van der Waals surface area contributed by atoms with Gasteiger partial charge in [-0.25, -0.2) is 0 Å². The predicted octanol–water partition coefficient (Wildman–Crippen LogP) is 3.47. The van der Waals surface area contributed by atoms with Crippen LogP contribution in [0.25, 0.3) is 0 Å². The first-order valence-electron chi connectivity index (χ1n) is 5.47. The number of aldehydes is 1. The molecule has 2 aromatic rings. The van der Waals surface area contributed by atoms with Crippen molar-refractivity contribution in [1.82, 2.24) is 0 Å². The molecule has 18 heavy (non-hydrogen) atoms. The first-order chi connectivity index (χ1) is 8.72. The van der Waals surface area contributed by atoms with Crippen molar-refractivity contribution in [3.63, 3.8) is 0 Å². The van der Waals surface area contributed by atoms with Gasteiger partial charge in [-0.3, -0.25) is 4.79 Å². The molecule has 0 saturated heterocycles. The molecule has 0 radical (unpaired) electrons. The minimum absolute atomic E-state index is 0.513. The number of benzene rings is 2. The summed E-state index contributed by atoms with van der Waals surface area (Å²) in [6.45, 7) is 1.92. The molecular weight excluding hydrogens is 226 g/mol. The summed E-state index contributed by atoms with van der Waals surface area (Å²) < 4.78 is 5.61. The molecule has 0 bridgehead atoms. The first kappa shape index (κ1) is 11.9. The van der Waals surface area contributed by atoms with E-state index in [2.05, 4.69) is 0 Å². The number of nitriles is 1. The van der Waals surface area contributed by atoms with Crippen molar-refractivity contribution >= 4 is 6.29 Å². The third kappa shape index (κ3) is 2.55. The Hall–Kier alpha value is -2.60. The zero-order valence-electron chi connectivity index (χ0n) is 9.88. The summed E-state index contributed by atoms with van der Waals surface area (Å²) in [7, 11) is 0. The molecule has 0 amide bonds. The lowest BCUT2D eigenvalue weighted by atomic mass is 10.1. The number of hydrogen-bond donors (Lipinski definition) is 0. The molecule has 0 atom stereocenters. The van der Waals surface area contributed by atoms with Crippen molar-refractivity contribution in [2.45, 2.75) is 6.92 Å². The fourth-order valence-electron chi connectivity index (χ4n) is 1.58. The van der Waals surface area contributed by atoms with Crippen LogP contribution in [0.2, 0.25) is 0 Å². The molecule has 0 fully saturated rings. The van der Waals surface area contributed by atoms with Gasteiger partial charge in [0.25, 0.3) is 0 Å². The van der Waals surface area contributed by atoms with E-state index in [1.807, 2.05) is 19.1 Å². The van der Waals surface area contributed by atoms with Crippen LogP contribution < -0.4 is 4.74 Å². The Labute approximate surface area is 105 Å². The predicted molar refractivity (Wildman–Crippen MR) is 67.8 cm³/mol. The third-order valence-corrected chi connectivity index (χ3v) is 2.50. The second-order valence-electron chi connectivity index (χ2n) is 3.90. The molecule has 0 N–H and O–H groups in total. The lowest BCUT2D eigenvalue weighted by molar-refractivity contribution is 0.112. The summed E-state index contributed by atoms with van der Waals surface area (Å²) in [5.74, 6) is 1.11. The number of ether oxygens (including phenoxy) is 1. The number of rotatable bonds is 3. The van der Waals surface area contributed by atoms with Gasteiger partial charge in [-0.15, -0.1) is 0 Å². The summed E-state index contributed by atoms with van der Waals surface area (Å²) in [5.41, 5.74) is 2.09. The summed E-state index contributed by atoms with van der Waals surface area (Å²) >= 11 is 0. The highest BCUT2D eigenvalue weighted by Crippen LogP contribution is 2.25. The van der Waals surface area contributed by atoms with Crippen LogP contribution in [0, 0.1) is 18.3 Å². The third-order valence-electron chi connectivity index (χ3n) is 2.50. The average Bonchev–Trinajstić information content (AvgIpc) is 2.41. The molecule has 3 heteroatoms. The summed E-state index contributed by atoms with van der Waals surface area (Å²) in [6, 6.07) is 14.2. The summed E-state index contributed by atoms with van der Waals surface area (Å²) in [4.78, 5) is 10.9. The number of nitrogens with zero attached hydrogens (tertiary/aromatic N) is 1. The van der Waals surface area contributed by atoms with E-state index in [0.717, 1.165) is 11.8 Å². The molecule has 0 aliphatic carbocycles. The number of aryl methyl sites for hydroxylation is 1. The Balaban J connectivity index is 2.28. The van der Waals surface area contributed by atoms with E-state index in [1.54, 1.807) is 36.4 Å². The van der Waals surface area contributed by atoms with Crippen molar-refractivity contribution in [2.75, 3.05) is 0 Å². The van der Waals surface area contributed by atoms with Crippen LogP contribution in [-0.2, 0) is 0 Å². The van der Waals surface area contributed by atoms with Crippen molar-refractivity contribution in [1.29, 1.82) is 5.26 Å². The van der Waals surface area contributed by atoms with Gasteiger partial charge in [-0.05, 0) is 43.3 Å². The van der Waals surface area contributed by atoms with Crippen molar-refractivity contribution < 1.29 is 9.53 Å². The lowest BCUT2D eigenvalue weighted by Crippen LogP contribution is -1.91. The largest absolute Gasteiger partial charge is 0.457 e. The second-order valence-corrected chi connectivity index (χ2v) is 3.90. The van der Waals surface area contributed by atoms with Crippen LogP contribution in [0.4, 0.5) is 0 Å². The second kappa shape index (κ2) is 5.15. The molecule has 0 unspecified atom stereocenters. The smallest absolute Gasteiger partial charge is 0.153 e. The van der Waals surface area contributed by atoms with E-state index in [-0.39, 0.29) is 0 Å². The molecule has 2 rings (SSSR count). The standard InChI is InChI=1S/C15H11NO2/c1-11-2-7-15(13(8-11)10-17)18-14-5-3-12(9-16)4-6-14/h2-8,10H,1H3. The van der Waals surface area contributed by atoms with Crippen LogP contribution in [0.15, 0.2) is 42.5 Å². The number of carbonyl (C=O) groups excluding carboxylic acids is 1. The zero-order chi connectivity index (χ0) is 13.0. The minimum atomic E-state index is 0.513. The van der Waals surface area contributed by atoms with Crippen molar-refractivity contribution in [3.05, 3.63) is 59.2 Å². The number of carbonyl (C=O) groups is 1. The quantitative estimate of drug-likeness (QED) is 0.768. The van der Waals surface area contributed by atoms with Crippen molar-refractivity contribution in [3.8, 4) is 17.6 Å². The molecule has 3 nitrogen and oxygen atoms in total. The van der Waals surface area contributed by atoms with E-state index in [4.69, 9.17) is 10.00 Å². The summed E-state index contributed by atoms with van der Waals surface area (Å²) in [5, 5.41) is 8.69. The Kier molecular flexibility index (Phi) is 3.40. The van der Waals surface area contributed by atoms with E-state index in [9.17, 15) is 4.79 Å². The molecule has 88 valence electrons. The number of hydrogen-bond acceptors (Lipinski definition) is 3. The molecule has 0 spiro atoms. The van der Waals surface area contributed by atoms with Gasteiger partial charge in [0.1, 0.15) is 11.5 Å². The van der Waals surface area contributed by atoms with E-state index < -0.39 is 0 Å². The van der Waals surface area contributed by atoms with Crippen LogP contribution in [0.1, 0.15) is 21.5 Å². The Morgan fingerprint density at radius 1 is 1.17 bits per heavy atom. The topological polar surface area (TPSA) is 50.1 Å². The maximum atomic E-state index is 10.9. The Morgan fingerprint density at radius 3 is 2.50 bits per heavy atom. The van der Waals surface area contributed by atoms with Crippen LogP contribution >= 0.6 is 0 Å². The first-order valence-corrected chi connectivity index (χ1v) is 5.47. The van der Waals surface area contributed by atoms with Crippen LogP contribution in [-0.4, -0.2) is 6.29 Å². The molecule has 0 aliphatic rings. The van der Waals surface area contributed by atoms with Crippen molar-refractivity contribution in [2.24, 2.45) is 0 Å². The average molecular weight is 237 g/mol. The fraction of sp³-hybridized carbons (Fsp3) is 0.0667. The molecule has 0 aromatic heterocycles. The van der Waals surface area contributed by atoms with Crippen LogP contribution in [0.3, 0.4) is 0 Å². The highest BCUT2D eigenvalue weighted by Gasteiger charge is 2.04. The fourth-order valence-corrected chi connectivity index (χ4v) is 1.58. The monoisotopic (exact) mass is 237 g/mol. The van der Waals surface area contributed by atoms with Gasteiger partial charge in [0, 0.05) is 0 Å². The molecule has 0 aliphatic heterocycles. The van der Waals surface area contributed by atoms with Gasteiger partial charge in [-0.1, -0.05) is 11.6 Å². The van der Waals surface area contributed by atoms with Gasteiger partial charge in [0.2, 0.25) is 0 Å². The van der Waals surface area contributed by atoms with E-state index in [1.165, 1.54) is 0 Å². The van der Waals surface area contributed by atoms with Gasteiger partial charge in [-0.2, -0.15) is 5.26 Å². The van der Waals surface area contributed by atoms with E-state index >= 15 is 0 Å². The van der Waals surface area contributed by atoms with E-state index in [0.29, 0.717) is 22.6 Å². The minimum Gasteiger partial charge on any atom is -0.457 e. The van der Waals surface area contributed by atoms with Gasteiger partial charge in [0.05, 0.1) is 17.2 Å². The molecule has 0 saturated carbocycles. The molecule has 0 heterocycles. The zero-order valence-corrected chi connectivity index (χ0v) is 9.88. The highest BCUT2D eigenvalue weighted by atomic mass is 16.5. The maximum Gasteiger partial charge on any atom is 0.153 e. The van der Waals surface area contributed by atoms with Gasteiger partial charge >= 0.3 is 0 Å². The molecular formula is C15H11NO2. The maximum absolute atomic E-state index is 10.9. The Bertz CT molecular complexity index is 609. The van der Waals surface area contributed by atoms with Gasteiger partial charge < -0.3 is 4.74 Å². The lowest BCUT2D eigenvalue weighted by Gasteiger charge is -2.08. The highest BCUT2D eigenvalue weighted by molar-refractivity contribution is 5.79.